The number of phenolic OH excluding ortho intramolecular Hbond substituents is 1. The molecule has 0 spiro atoms. The molecule has 8 atom stereocenters. The number of nitrogens with two attached hydrogens (primary N) is 1. The standard InChI is InChI=1S/C43H58N8O22/c1-18(2)34(41(71)72)50-37(67)23(6-10-29(55)56)45-36(66)24(7-11-30(57)58)49-42(73)43(16-19-3-4-21(52)13-20(19)17-43)51-40(70)25(8-12-31(59)60)46-38(68)27(15-33(63)64)48-39(69)26(14-32(61)62)47-35(65)22(44)5-9-28(53)54/h3-4,13,18,22-27,34,52H,5-12,14-17,44H2,1-2H3,(H,45,66)(H,46,68)(H,47,65)(H,48,69)(H,49,73)(H,50,67)(H,51,70)(H,53,54)(H,55,56)(H,57,58)(H,59,60)(H,61,62)(H,63,64)(H,71,72)/t22-,23-,24-,25-,26-,27-,34-,43-/m0/s1. The SMILES string of the molecule is CC(C)[C@H](NC(=O)[C@H](CCC(=O)O)NC(=O)[C@H](CCC(=O)O)NC(=O)[C@]1(NC(=O)[C@H](CCC(=O)O)NC(=O)[C@H](CC(=O)O)NC(=O)[C@H](CC(=O)O)NC(=O)[C@@H](N)CCC(=O)O)Cc2ccc(O)cc2C1)C(=O)O. The Hall–Kier alpha value is -8.44. The molecule has 0 unspecified atom stereocenters. The second-order valence-electron chi connectivity index (χ2n) is 17.2. The lowest BCUT2D eigenvalue weighted by Gasteiger charge is -2.33. The Bertz CT molecular complexity index is 2320. The highest BCUT2D eigenvalue weighted by atomic mass is 16.4. The first kappa shape index (κ1) is 60.7. The number of carboxylic acids is 7. The third kappa shape index (κ3) is 20.1. The number of aromatic hydroxyl groups is 1. The molecular formula is C43H58N8O22. The molecule has 0 heterocycles. The van der Waals surface area contributed by atoms with Crippen LogP contribution in [0.5, 0.6) is 5.75 Å². The average Bonchev–Trinajstić information content (AvgIpc) is 3.65. The molecule has 0 aliphatic heterocycles. The van der Waals surface area contributed by atoms with E-state index >= 15 is 0 Å². The molecule has 0 saturated heterocycles. The van der Waals surface area contributed by atoms with Crippen molar-refractivity contribution in [2.24, 2.45) is 11.7 Å². The summed E-state index contributed by atoms with van der Waals surface area (Å²) >= 11 is 0. The summed E-state index contributed by atoms with van der Waals surface area (Å²) in [6.45, 7) is 2.88. The van der Waals surface area contributed by atoms with Crippen molar-refractivity contribution in [1.29, 1.82) is 0 Å². The number of carboxylic acid groups (broad SMARTS) is 7. The third-order valence-electron chi connectivity index (χ3n) is 11.1. The summed E-state index contributed by atoms with van der Waals surface area (Å²) < 4.78 is 0. The number of carbonyl (C=O) groups excluding carboxylic acids is 7. The summed E-state index contributed by atoms with van der Waals surface area (Å²) in [7, 11) is 0. The maximum atomic E-state index is 14.6. The fourth-order valence-electron chi connectivity index (χ4n) is 7.24. The number of aliphatic carboxylic acids is 7. The molecule has 1 aromatic rings. The van der Waals surface area contributed by atoms with Crippen LogP contribution < -0.4 is 43.0 Å². The van der Waals surface area contributed by atoms with E-state index in [1.54, 1.807) is 0 Å². The fourth-order valence-corrected chi connectivity index (χ4v) is 7.24. The first-order valence-corrected chi connectivity index (χ1v) is 22.2. The van der Waals surface area contributed by atoms with Gasteiger partial charge in [0.25, 0.3) is 0 Å². The maximum Gasteiger partial charge on any atom is 0.326 e. The van der Waals surface area contributed by atoms with E-state index in [1.807, 2.05) is 10.6 Å². The van der Waals surface area contributed by atoms with E-state index < -0.39 is 214 Å². The van der Waals surface area contributed by atoms with Gasteiger partial charge in [-0.25, -0.2) is 4.79 Å². The van der Waals surface area contributed by atoms with Gasteiger partial charge in [-0.15, -0.1) is 0 Å². The highest BCUT2D eigenvalue weighted by Gasteiger charge is 2.48. The highest BCUT2D eigenvalue weighted by molar-refractivity contribution is 6.01. The fraction of sp³-hybridized carbons (Fsp3) is 0.535. The van der Waals surface area contributed by atoms with Crippen LogP contribution in [0.2, 0.25) is 0 Å². The summed E-state index contributed by atoms with van der Waals surface area (Å²) in [4.78, 5) is 177. The van der Waals surface area contributed by atoms with Crippen LogP contribution in [0.25, 0.3) is 0 Å². The van der Waals surface area contributed by atoms with Crippen LogP contribution in [0, 0.1) is 5.92 Å². The predicted molar refractivity (Wildman–Crippen MR) is 240 cm³/mol. The molecule has 2 rings (SSSR count). The molecule has 0 radical (unpaired) electrons. The number of hydrogen-bond acceptors (Lipinski definition) is 16. The number of benzene rings is 1. The van der Waals surface area contributed by atoms with Crippen molar-refractivity contribution in [2.75, 3.05) is 0 Å². The highest BCUT2D eigenvalue weighted by Crippen LogP contribution is 2.33. The van der Waals surface area contributed by atoms with Crippen LogP contribution in [-0.2, 0) is 80.0 Å². The van der Waals surface area contributed by atoms with Crippen molar-refractivity contribution in [2.45, 2.75) is 139 Å². The number of hydrogen-bond donors (Lipinski definition) is 16. The molecule has 0 aromatic heterocycles. The predicted octanol–water partition coefficient (Wildman–Crippen LogP) is -4.27. The number of amides is 7. The van der Waals surface area contributed by atoms with Crippen LogP contribution in [0.4, 0.5) is 0 Å². The lowest BCUT2D eigenvalue weighted by molar-refractivity contribution is -0.144. The Labute approximate surface area is 413 Å². The molecule has 1 aliphatic rings. The van der Waals surface area contributed by atoms with Crippen molar-refractivity contribution < 1.29 is 108 Å². The third-order valence-corrected chi connectivity index (χ3v) is 11.1. The van der Waals surface area contributed by atoms with Gasteiger partial charge in [0.2, 0.25) is 41.4 Å². The van der Waals surface area contributed by atoms with Crippen molar-refractivity contribution in [3.05, 3.63) is 29.3 Å². The number of fused-ring (bicyclic) bond motifs is 1. The Morgan fingerprint density at radius 2 is 0.877 bits per heavy atom. The molecule has 0 saturated carbocycles. The van der Waals surface area contributed by atoms with Gasteiger partial charge >= 0.3 is 41.8 Å². The van der Waals surface area contributed by atoms with Gasteiger partial charge in [0.15, 0.2) is 0 Å². The zero-order valence-electron chi connectivity index (χ0n) is 39.2. The van der Waals surface area contributed by atoms with Gasteiger partial charge in [0, 0.05) is 38.5 Å². The van der Waals surface area contributed by atoms with Gasteiger partial charge < -0.3 is 83.8 Å². The molecule has 0 bridgehead atoms. The monoisotopic (exact) mass is 1040 g/mol. The van der Waals surface area contributed by atoms with Gasteiger partial charge in [-0.2, -0.15) is 0 Å². The Balaban J connectivity index is 2.59. The lowest BCUT2D eigenvalue weighted by atomic mass is 9.92. The number of carbonyl (C=O) groups is 14. The maximum absolute atomic E-state index is 14.6. The summed E-state index contributed by atoms with van der Waals surface area (Å²) in [5.41, 5.74) is 3.89. The van der Waals surface area contributed by atoms with E-state index in [9.17, 15) is 103 Å². The van der Waals surface area contributed by atoms with Gasteiger partial charge in [-0.3, -0.25) is 62.3 Å². The van der Waals surface area contributed by atoms with Crippen molar-refractivity contribution in [3.8, 4) is 5.75 Å². The summed E-state index contributed by atoms with van der Waals surface area (Å²) in [6, 6.07) is -9.30. The largest absolute Gasteiger partial charge is 0.508 e. The average molecular weight is 1040 g/mol. The van der Waals surface area contributed by atoms with E-state index in [2.05, 4.69) is 26.6 Å². The molecule has 73 heavy (non-hydrogen) atoms. The van der Waals surface area contributed by atoms with Crippen molar-refractivity contribution in [1.82, 2.24) is 37.2 Å². The van der Waals surface area contributed by atoms with Gasteiger partial charge in [0.1, 0.15) is 47.5 Å². The molecule has 1 aromatic carbocycles. The molecule has 1 aliphatic carbocycles. The molecule has 30 heteroatoms. The second-order valence-corrected chi connectivity index (χ2v) is 17.2. The van der Waals surface area contributed by atoms with Crippen LogP contribution in [0.15, 0.2) is 18.2 Å². The van der Waals surface area contributed by atoms with E-state index in [0.29, 0.717) is 5.56 Å². The molecule has 402 valence electrons. The van der Waals surface area contributed by atoms with E-state index in [0.717, 1.165) is 0 Å². The lowest BCUT2D eigenvalue weighted by Crippen LogP contribution is -2.66. The topological polar surface area (TPSA) is 511 Å². The minimum absolute atomic E-state index is 0.215. The van der Waals surface area contributed by atoms with Crippen LogP contribution in [-0.4, -0.2) is 172 Å². The van der Waals surface area contributed by atoms with Crippen LogP contribution >= 0.6 is 0 Å². The second kappa shape index (κ2) is 27.8. The Morgan fingerprint density at radius 3 is 1.32 bits per heavy atom. The smallest absolute Gasteiger partial charge is 0.326 e. The first-order chi connectivity index (χ1) is 33.9. The summed E-state index contributed by atoms with van der Waals surface area (Å²) in [6.07, 6.45) is -9.13. The van der Waals surface area contributed by atoms with Gasteiger partial charge in [-0.1, -0.05) is 19.9 Å². The molecule has 0 fully saturated rings. The van der Waals surface area contributed by atoms with Crippen LogP contribution in [0.1, 0.15) is 89.2 Å². The molecule has 17 N–H and O–H groups in total. The summed E-state index contributed by atoms with van der Waals surface area (Å²) in [5.74, 6) is -21.0. The van der Waals surface area contributed by atoms with Crippen molar-refractivity contribution >= 4 is 83.1 Å². The first-order valence-electron chi connectivity index (χ1n) is 22.2. The Kier molecular flexibility index (Phi) is 23.1. The number of rotatable bonds is 32. The minimum Gasteiger partial charge on any atom is -0.508 e. The molecule has 30 nitrogen and oxygen atoms in total. The number of phenols is 1. The quantitative estimate of drug-likeness (QED) is 0.0325. The normalized spacial score (nSPS) is 16.5. The zero-order chi connectivity index (χ0) is 55.5. The minimum atomic E-state index is -2.27. The van der Waals surface area contributed by atoms with E-state index in [4.69, 9.17) is 10.8 Å². The molecule has 7 amide bonds. The molecular weight excluding hydrogens is 981 g/mol. The van der Waals surface area contributed by atoms with E-state index in [1.165, 1.54) is 32.0 Å². The number of nitrogens with one attached hydrogen (secondary N) is 7. The Morgan fingerprint density at radius 1 is 0.493 bits per heavy atom. The summed E-state index contributed by atoms with van der Waals surface area (Å²) in [5, 5.41) is 91.3. The van der Waals surface area contributed by atoms with Gasteiger partial charge in [-0.05, 0) is 54.9 Å². The van der Waals surface area contributed by atoms with E-state index in [-0.39, 0.29) is 11.3 Å². The zero-order valence-corrected chi connectivity index (χ0v) is 39.2. The van der Waals surface area contributed by atoms with Crippen LogP contribution in [0.3, 0.4) is 0 Å². The van der Waals surface area contributed by atoms with Gasteiger partial charge in [0.05, 0.1) is 18.9 Å². The van der Waals surface area contributed by atoms with Crippen molar-refractivity contribution in [3.63, 3.8) is 0 Å².